The lowest BCUT2D eigenvalue weighted by molar-refractivity contribution is -0.150. The van der Waals surface area contributed by atoms with Crippen molar-refractivity contribution in [3.63, 3.8) is 0 Å². The summed E-state index contributed by atoms with van der Waals surface area (Å²) < 4.78 is 0. The normalized spacial score (nSPS) is 18.5. The van der Waals surface area contributed by atoms with Crippen molar-refractivity contribution in [3.8, 4) is 0 Å². The Balaban J connectivity index is 1.66. The van der Waals surface area contributed by atoms with Crippen LogP contribution in [0.1, 0.15) is 38.3 Å². The predicted molar refractivity (Wildman–Crippen MR) is 159 cm³/mol. The Morgan fingerprint density at radius 1 is 1.05 bits per heavy atom. The fourth-order valence-electron chi connectivity index (χ4n) is 5.14. The molecule has 0 radical (unpaired) electrons. The zero-order valence-electron chi connectivity index (χ0n) is 23.8. The molecule has 0 aromatic heterocycles. The number of nitrogens with one attached hydrogen (secondary N) is 1. The van der Waals surface area contributed by atoms with E-state index in [-0.39, 0.29) is 23.8 Å². The molecule has 1 saturated heterocycles. The van der Waals surface area contributed by atoms with Crippen molar-refractivity contribution in [1.82, 2.24) is 15.1 Å². The molecule has 3 aromatic carbocycles. The minimum Gasteiger partial charge on any atom is -0.350 e. The second-order valence-electron chi connectivity index (χ2n) is 11.6. The van der Waals surface area contributed by atoms with Gasteiger partial charge in [-0.25, -0.2) is 0 Å². The number of carbonyl (C=O) groups is 3. The molecular formula is C33H40N4O3. The Hall–Kier alpha value is -3.97. The third-order valence-corrected chi connectivity index (χ3v) is 7.34. The van der Waals surface area contributed by atoms with Crippen LogP contribution in [0.4, 0.5) is 0 Å². The summed E-state index contributed by atoms with van der Waals surface area (Å²) in [5.74, 6) is -0.698. The quantitative estimate of drug-likeness (QED) is 0.403. The van der Waals surface area contributed by atoms with Gasteiger partial charge in [0.2, 0.25) is 17.7 Å². The van der Waals surface area contributed by atoms with E-state index in [0.717, 1.165) is 21.9 Å². The van der Waals surface area contributed by atoms with E-state index < -0.39 is 17.6 Å². The summed E-state index contributed by atoms with van der Waals surface area (Å²) in [6.07, 6.45) is 4.50. The van der Waals surface area contributed by atoms with E-state index in [1.807, 2.05) is 87.5 Å². The number of rotatable bonds is 9. The van der Waals surface area contributed by atoms with E-state index in [1.165, 1.54) is 11.0 Å². The standard InChI is InChI=1S/C33H40N4O3/c1-23-22-37(28(31(39)35-23)20-24-11-6-5-7-12-24)32(40)29(36(4)30(38)15-10-18-33(2,3)34)21-25-16-17-26-13-8-9-14-27(26)19-25/h5-17,19,23,28-29H,18,20-22,34H2,1-4H3,(H,35,39)/b15-10+/t23-,28-,29-/m1/s1. The molecule has 3 N–H and O–H groups in total. The molecule has 3 aromatic rings. The molecule has 7 nitrogen and oxygen atoms in total. The molecule has 40 heavy (non-hydrogen) atoms. The van der Waals surface area contributed by atoms with E-state index >= 15 is 0 Å². The molecular weight excluding hydrogens is 500 g/mol. The van der Waals surface area contributed by atoms with Gasteiger partial charge in [-0.05, 0) is 55.2 Å². The van der Waals surface area contributed by atoms with Gasteiger partial charge in [-0.15, -0.1) is 0 Å². The number of carbonyl (C=O) groups excluding carboxylic acids is 3. The highest BCUT2D eigenvalue weighted by Gasteiger charge is 2.40. The summed E-state index contributed by atoms with van der Waals surface area (Å²) in [5, 5.41) is 5.18. The number of hydrogen-bond acceptors (Lipinski definition) is 4. The Bertz CT molecular complexity index is 1380. The van der Waals surface area contributed by atoms with Crippen LogP contribution in [-0.2, 0) is 27.2 Å². The molecule has 1 aliphatic rings. The minimum atomic E-state index is -0.791. The third-order valence-electron chi connectivity index (χ3n) is 7.34. The van der Waals surface area contributed by atoms with Crippen molar-refractivity contribution in [2.24, 2.45) is 5.73 Å². The van der Waals surface area contributed by atoms with Crippen LogP contribution in [0.15, 0.2) is 84.9 Å². The summed E-state index contributed by atoms with van der Waals surface area (Å²) in [7, 11) is 1.66. The maximum Gasteiger partial charge on any atom is 0.246 e. The van der Waals surface area contributed by atoms with Crippen LogP contribution in [0.5, 0.6) is 0 Å². The van der Waals surface area contributed by atoms with Crippen LogP contribution in [-0.4, -0.2) is 64.8 Å². The van der Waals surface area contributed by atoms with E-state index in [0.29, 0.717) is 25.8 Å². The molecule has 1 aliphatic heterocycles. The first-order chi connectivity index (χ1) is 19.0. The minimum absolute atomic E-state index is 0.181. The molecule has 4 rings (SSSR count). The van der Waals surface area contributed by atoms with Crippen LogP contribution in [0.3, 0.4) is 0 Å². The Kier molecular flexibility index (Phi) is 9.05. The van der Waals surface area contributed by atoms with Crippen molar-refractivity contribution in [2.75, 3.05) is 13.6 Å². The predicted octanol–water partition coefficient (Wildman–Crippen LogP) is 3.85. The zero-order chi connectivity index (χ0) is 28.9. The summed E-state index contributed by atoms with van der Waals surface area (Å²) in [5.41, 5.74) is 7.55. The molecule has 3 atom stereocenters. The molecule has 1 heterocycles. The fourth-order valence-corrected chi connectivity index (χ4v) is 5.14. The topological polar surface area (TPSA) is 95.7 Å². The zero-order valence-corrected chi connectivity index (χ0v) is 23.8. The molecule has 0 unspecified atom stereocenters. The van der Waals surface area contributed by atoms with Gasteiger partial charge >= 0.3 is 0 Å². The number of nitrogens with zero attached hydrogens (tertiary/aromatic N) is 2. The fraction of sp³-hybridized carbons (Fsp3) is 0.364. The maximum atomic E-state index is 14.3. The number of fused-ring (bicyclic) bond motifs is 1. The van der Waals surface area contributed by atoms with Crippen LogP contribution in [0, 0.1) is 0 Å². The van der Waals surface area contributed by atoms with Gasteiger partial charge in [-0.3, -0.25) is 14.4 Å². The summed E-state index contributed by atoms with van der Waals surface area (Å²) in [6, 6.07) is 22.2. The third kappa shape index (κ3) is 7.36. The first kappa shape index (κ1) is 29.0. The van der Waals surface area contributed by atoms with Gasteiger partial charge in [-0.2, -0.15) is 0 Å². The SMILES string of the molecule is C[C@@H]1CN(C(=O)[C@@H](Cc2ccc3ccccc3c2)N(C)C(=O)/C=C/CC(C)(C)N)[C@H](Cc2ccccc2)C(=O)N1. The highest BCUT2D eigenvalue weighted by atomic mass is 16.2. The van der Waals surface area contributed by atoms with Crippen molar-refractivity contribution in [1.29, 1.82) is 0 Å². The second-order valence-corrected chi connectivity index (χ2v) is 11.6. The van der Waals surface area contributed by atoms with Crippen molar-refractivity contribution in [3.05, 3.63) is 96.1 Å². The Morgan fingerprint density at radius 3 is 2.42 bits per heavy atom. The molecule has 1 fully saturated rings. The smallest absolute Gasteiger partial charge is 0.246 e. The molecule has 0 saturated carbocycles. The highest BCUT2D eigenvalue weighted by molar-refractivity contribution is 5.96. The van der Waals surface area contributed by atoms with E-state index in [2.05, 4.69) is 11.4 Å². The number of benzene rings is 3. The lowest BCUT2D eigenvalue weighted by Crippen LogP contribution is -2.64. The average molecular weight is 541 g/mol. The number of amides is 3. The molecule has 0 aliphatic carbocycles. The van der Waals surface area contributed by atoms with Crippen LogP contribution in [0.2, 0.25) is 0 Å². The highest BCUT2D eigenvalue weighted by Crippen LogP contribution is 2.22. The average Bonchev–Trinajstić information content (AvgIpc) is 2.92. The summed E-state index contributed by atoms with van der Waals surface area (Å²) in [6.45, 7) is 6.05. The van der Waals surface area contributed by atoms with E-state index in [9.17, 15) is 14.4 Å². The lowest BCUT2D eigenvalue weighted by Gasteiger charge is -2.41. The van der Waals surface area contributed by atoms with Gasteiger partial charge in [0.15, 0.2) is 0 Å². The number of hydrogen-bond donors (Lipinski definition) is 2. The number of likely N-dealkylation sites (N-methyl/N-ethyl adjacent to an activating group) is 1. The molecule has 3 amide bonds. The van der Waals surface area contributed by atoms with Crippen LogP contribution in [0.25, 0.3) is 10.8 Å². The van der Waals surface area contributed by atoms with E-state index in [1.54, 1.807) is 18.0 Å². The van der Waals surface area contributed by atoms with Crippen molar-refractivity contribution >= 4 is 28.5 Å². The molecule has 0 bridgehead atoms. The summed E-state index contributed by atoms with van der Waals surface area (Å²) in [4.78, 5) is 44.0. The van der Waals surface area contributed by atoms with Gasteiger partial charge in [0, 0.05) is 38.0 Å². The number of piperazine rings is 1. The van der Waals surface area contributed by atoms with Gasteiger partial charge in [0.1, 0.15) is 12.1 Å². The van der Waals surface area contributed by atoms with Gasteiger partial charge in [-0.1, -0.05) is 78.9 Å². The monoisotopic (exact) mass is 540 g/mol. The van der Waals surface area contributed by atoms with Crippen molar-refractivity contribution in [2.45, 2.75) is 63.7 Å². The van der Waals surface area contributed by atoms with Gasteiger partial charge in [0.05, 0.1) is 0 Å². The van der Waals surface area contributed by atoms with E-state index in [4.69, 9.17) is 5.73 Å². The largest absolute Gasteiger partial charge is 0.350 e. The maximum absolute atomic E-state index is 14.3. The van der Waals surface area contributed by atoms with Crippen LogP contribution >= 0.6 is 0 Å². The molecule has 210 valence electrons. The van der Waals surface area contributed by atoms with Gasteiger partial charge in [0.25, 0.3) is 0 Å². The first-order valence-electron chi connectivity index (χ1n) is 13.9. The van der Waals surface area contributed by atoms with Gasteiger partial charge < -0.3 is 20.9 Å². The Labute approximate surface area is 237 Å². The van der Waals surface area contributed by atoms with Crippen molar-refractivity contribution < 1.29 is 14.4 Å². The Morgan fingerprint density at radius 2 is 1.73 bits per heavy atom. The lowest BCUT2D eigenvalue weighted by atomic mass is 9.96. The second kappa shape index (κ2) is 12.5. The molecule has 0 spiro atoms. The summed E-state index contributed by atoms with van der Waals surface area (Å²) >= 11 is 0. The number of nitrogens with two attached hydrogens (primary N) is 1. The van der Waals surface area contributed by atoms with Crippen LogP contribution < -0.4 is 11.1 Å². The first-order valence-corrected chi connectivity index (χ1v) is 13.9. The molecule has 7 heteroatoms.